The summed E-state index contributed by atoms with van der Waals surface area (Å²) >= 11 is 0. The Kier molecular flexibility index (Phi) is 6.44. The largest absolute Gasteiger partial charge is 0.507 e. The van der Waals surface area contributed by atoms with Crippen LogP contribution >= 0.6 is 0 Å². The molecular weight excluding hydrogens is 468 g/mol. The number of hydrogen-bond donors (Lipinski definition) is 2. The van der Waals surface area contributed by atoms with Gasteiger partial charge in [0.05, 0.1) is 24.3 Å². The molecule has 0 aliphatic carbocycles. The van der Waals surface area contributed by atoms with E-state index in [1.807, 2.05) is 57.2 Å². The number of nitrogens with one attached hydrogen (secondary N) is 1. The third kappa shape index (κ3) is 4.44. The zero-order valence-electron chi connectivity index (χ0n) is 20.9. The van der Waals surface area contributed by atoms with Crippen molar-refractivity contribution in [2.75, 3.05) is 11.5 Å². The van der Waals surface area contributed by atoms with Crippen LogP contribution in [0.5, 0.6) is 11.5 Å². The second-order valence-corrected chi connectivity index (χ2v) is 9.08. The molecule has 2 heterocycles. The maximum Gasteiger partial charge on any atom is 0.300 e. The van der Waals surface area contributed by atoms with E-state index in [1.165, 1.54) is 4.90 Å². The number of ketones is 1. The molecule has 188 valence electrons. The quantitative estimate of drug-likeness (QED) is 0.187. The molecule has 2 N–H and O–H groups in total. The van der Waals surface area contributed by atoms with E-state index in [9.17, 15) is 14.7 Å². The van der Waals surface area contributed by atoms with Gasteiger partial charge >= 0.3 is 0 Å². The van der Waals surface area contributed by atoms with E-state index in [4.69, 9.17) is 9.47 Å². The van der Waals surface area contributed by atoms with Crippen molar-refractivity contribution in [2.45, 2.75) is 32.9 Å². The van der Waals surface area contributed by atoms with Crippen LogP contribution in [0.3, 0.4) is 0 Å². The number of amides is 1. The number of H-pyrrole nitrogens is 1. The van der Waals surface area contributed by atoms with E-state index in [0.717, 1.165) is 10.9 Å². The Morgan fingerprint density at radius 3 is 2.49 bits per heavy atom. The van der Waals surface area contributed by atoms with Gasteiger partial charge < -0.3 is 19.6 Å². The lowest BCUT2D eigenvalue weighted by atomic mass is 9.95. The number of nitrogens with zero attached hydrogens (tertiary/aromatic N) is 1. The first-order valence-corrected chi connectivity index (χ1v) is 12.3. The SMILES string of the molecule is CCOc1cccc(N2C(=O)C(=O)/C(=C(\O)c3c[nH]c4ccccc34)C2c2ccc(OC(C)C)cc2)c1. The number of aliphatic hydroxyl groups excluding tert-OH is 1. The predicted molar refractivity (Wildman–Crippen MR) is 143 cm³/mol. The van der Waals surface area contributed by atoms with Gasteiger partial charge in [-0.3, -0.25) is 14.5 Å². The zero-order chi connectivity index (χ0) is 26.1. The van der Waals surface area contributed by atoms with E-state index in [2.05, 4.69) is 4.98 Å². The molecule has 0 saturated carbocycles. The van der Waals surface area contributed by atoms with Crippen molar-refractivity contribution in [3.63, 3.8) is 0 Å². The second-order valence-electron chi connectivity index (χ2n) is 9.08. The monoisotopic (exact) mass is 496 g/mol. The van der Waals surface area contributed by atoms with Crippen LogP contribution in [0.4, 0.5) is 5.69 Å². The molecule has 7 heteroatoms. The molecule has 1 aromatic heterocycles. The summed E-state index contributed by atoms with van der Waals surface area (Å²) in [5, 5.41) is 12.3. The molecule has 0 spiro atoms. The number of aliphatic hydroxyl groups is 1. The fourth-order valence-corrected chi connectivity index (χ4v) is 4.72. The molecule has 4 aromatic rings. The first-order valence-electron chi connectivity index (χ1n) is 12.3. The molecule has 1 atom stereocenters. The molecule has 7 nitrogen and oxygen atoms in total. The van der Waals surface area contributed by atoms with E-state index in [1.54, 1.807) is 42.6 Å². The molecule has 0 bridgehead atoms. The van der Waals surface area contributed by atoms with Gasteiger partial charge in [-0.15, -0.1) is 0 Å². The molecule has 1 amide bonds. The highest BCUT2D eigenvalue weighted by Gasteiger charge is 2.47. The minimum atomic E-state index is -0.848. The Balaban J connectivity index is 1.69. The van der Waals surface area contributed by atoms with Gasteiger partial charge in [0.15, 0.2) is 0 Å². The van der Waals surface area contributed by atoms with Crippen LogP contribution in [0.25, 0.3) is 16.7 Å². The molecule has 1 saturated heterocycles. The zero-order valence-corrected chi connectivity index (χ0v) is 20.9. The summed E-state index contributed by atoms with van der Waals surface area (Å²) in [7, 11) is 0. The number of Topliss-reactive ketones (excluding diaryl/α,β-unsaturated/α-hetero) is 1. The fraction of sp³-hybridized carbons (Fsp3) is 0.200. The molecule has 5 rings (SSSR count). The molecule has 1 unspecified atom stereocenters. The van der Waals surface area contributed by atoms with E-state index >= 15 is 0 Å². The van der Waals surface area contributed by atoms with Crippen molar-refractivity contribution in [2.24, 2.45) is 0 Å². The smallest absolute Gasteiger partial charge is 0.300 e. The van der Waals surface area contributed by atoms with Crippen molar-refractivity contribution < 1.29 is 24.2 Å². The van der Waals surface area contributed by atoms with E-state index < -0.39 is 17.7 Å². The maximum atomic E-state index is 13.5. The summed E-state index contributed by atoms with van der Waals surface area (Å²) in [6.45, 7) is 6.22. The normalized spacial score (nSPS) is 17.1. The fourth-order valence-electron chi connectivity index (χ4n) is 4.72. The van der Waals surface area contributed by atoms with Gasteiger partial charge in [0.2, 0.25) is 0 Å². The average molecular weight is 497 g/mol. The van der Waals surface area contributed by atoms with Crippen LogP contribution in [0.15, 0.2) is 84.6 Å². The summed E-state index contributed by atoms with van der Waals surface area (Å²) in [6, 6.07) is 20.9. The van der Waals surface area contributed by atoms with Gasteiger partial charge in [-0.25, -0.2) is 0 Å². The Morgan fingerprint density at radius 1 is 1.00 bits per heavy atom. The number of aromatic amines is 1. The average Bonchev–Trinajstić information content (AvgIpc) is 3.43. The highest BCUT2D eigenvalue weighted by molar-refractivity contribution is 6.51. The van der Waals surface area contributed by atoms with Crippen LogP contribution in [0.2, 0.25) is 0 Å². The first-order chi connectivity index (χ1) is 17.9. The Hall–Kier alpha value is -4.52. The third-order valence-electron chi connectivity index (χ3n) is 6.26. The topological polar surface area (TPSA) is 91.9 Å². The van der Waals surface area contributed by atoms with Crippen LogP contribution in [0, 0.1) is 0 Å². The number of hydrogen-bond acceptors (Lipinski definition) is 5. The van der Waals surface area contributed by atoms with Gasteiger partial charge in [-0.1, -0.05) is 36.4 Å². The highest BCUT2D eigenvalue weighted by Crippen LogP contribution is 2.43. The van der Waals surface area contributed by atoms with E-state index in [0.29, 0.717) is 34.9 Å². The van der Waals surface area contributed by atoms with Gasteiger partial charge in [-0.2, -0.15) is 0 Å². The van der Waals surface area contributed by atoms with Crippen molar-refractivity contribution in [3.05, 3.63) is 95.7 Å². The Bertz CT molecular complexity index is 1500. The number of rotatable bonds is 7. The van der Waals surface area contributed by atoms with Crippen molar-refractivity contribution >= 4 is 34.0 Å². The Labute approximate surface area is 214 Å². The standard InChI is InChI=1S/C30H28N2O5/c1-4-36-22-9-7-8-20(16-22)32-27(19-12-14-21(15-13-19)37-18(2)3)26(29(34)30(32)35)28(33)24-17-31-25-11-6-5-10-23(24)25/h5-18,27,31,33H,4H2,1-3H3/b28-26-. The van der Waals surface area contributed by atoms with Gasteiger partial charge in [0.1, 0.15) is 17.3 Å². The number of anilines is 1. The summed E-state index contributed by atoms with van der Waals surface area (Å²) < 4.78 is 11.4. The summed E-state index contributed by atoms with van der Waals surface area (Å²) in [5.74, 6) is -0.449. The molecule has 0 radical (unpaired) electrons. The molecule has 1 aliphatic heterocycles. The maximum absolute atomic E-state index is 13.5. The number of carbonyl (C=O) groups is 2. The van der Waals surface area contributed by atoms with Crippen molar-refractivity contribution in [1.29, 1.82) is 0 Å². The predicted octanol–water partition coefficient (Wildman–Crippen LogP) is 5.98. The van der Waals surface area contributed by atoms with Crippen molar-refractivity contribution in [1.82, 2.24) is 4.98 Å². The van der Waals surface area contributed by atoms with Gasteiger partial charge in [0, 0.05) is 34.4 Å². The second kappa shape index (κ2) is 9.85. The first kappa shape index (κ1) is 24.2. The number of para-hydroxylation sites is 1. The lowest BCUT2D eigenvalue weighted by molar-refractivity contribution is -0.132. The minimum absolute atomic E-state index is 0.000312. The number of carbonyl (C=O) groups excluding carboxylic acids is 2. The highest BCUT2D eigenvalue weighted by atomic mass is 16.5. The van der Waals surface area contributed by atoms with Crippen LogP contribution in [-0.4, -0.2) is 34.5 Å². The van der Waals surface area contributed by atoms with Crippen LogP contribution in [0.1, 0.15) is 37.9 Å². The Morgan fingerprint density at radius 2 is 1.76 bits per heavy atom. The summed E-state index contributed by atoms with van der Waals surface area (Å²) in [4.78, 5) is 31.5. The summed E-state index contributed by atoms with van der Waals surface area (Å²) in [6.07, 6.45) is 1.65. The van der Waals surface area contributed by atoms with Gasteiger partial charge in [-0.05, 0) is 56.7 Å². The molecule has 37 heavy (non-hydrogen) atoms. The van der Waals surface area contributed by atoms with Crippen molar-refractivity contribution in [3.8, 4) is 11.5 Å². The van der Waals surface area contributed by atoms with Crippen LogP contribution < -0.4 is 14.4 Å². The molecule has 3 aromatic carbocycles. The van der Waals surface area contributed by atoms with Gasteiger partial charge in [0.25, 0.3) is 11.7 Å². The van der Waals surface area contributed by atoms with E-state index in [-0.39, 0.29) is 17.4 Å². The number of fused-ring (bicyclic) bond motifs is 1. The lowest BCUT2D eigenvalue weighted by Gasteiger charge is -2.26. The number of ether oxygens (including phenoxy) is 2. The lowest BCUT2D eigenvalue weighted by Crippen LogP contribution is -2.29. The minimum Gasteiger partial charge on any atom is -0.507 e. The molecule has 1 aliphatic rings. The van der Waals surface area contributed by atoms with Crippen LogP contribution in [-0.2, 0) is 9.59 Å². The molecule has 1 fully saturated rings. The molecular formula is C30H28N2O5. The number of aromatic nitrogens is 1. The summed E-state index contributed by atoms with van der Waals surface area (Å²) in [5.41, 5.74) is 2.46. The third-order valence-corrected chi connectivity index (χ3v) is 6.26. The number of benzene rings is 3.